The second-order valence-corrected chi connectivity index (χ2v) is 7.03. The Balaban J connectivity index is 1.61. The molecule has 0 aromatic heterocycles. The molecule has 1 heterocycles. The van der Waals surface area contributed by atoms with Crippen molar-refractivity contribution in [3.05, 3.63) is 59.7 Å². The standard InChI is InChI=1S/C22H24N2O4/c1-15-6-4-5-7-20(15)24-12-16(2)23(13-21(24)26)22(27)14-28-19-10-8-18(9-11-19)17(3)25/h4-11,16H,12-14H2,1-3H3/t16-/m1/s1. The fourth-order valence-electron chi connectivity index (χ4n) is 3.30. The normalized spacial score (nSPS) is 16.8. The number of hydrogen-bond donors (Lipinski definition) is 0. The van der Waals surface area contributed by atoms with Crippen LogP contribution >= 0.6 is 0 Å². The van der Waals surface area contributed by atoms with Gasteiger partial charge in [0.2, 0.25) is 5.91 Å². The number of para-hydroxylation sites is 1. The third kappa shape index (κ3) is 4.22. The maximum Gasteiger partial charge on any atom is 0.261 e. The molecule has 6 heteroatoms. The molecular weight excluding hydrogens is 356 g/mol. The van der Waals surface area contributed by atoms with Crippen molar-refractivity contribution in [1.82, 2.24) is 4.90 Å². The first kappa shape index (κ1) is 19.6. The molecule has 0 aliphatic carbocycles. The van der Waals surface area contributed by atoms with Crippen molar-refractivity contribution in [1.29, 1.82) is 0 Å². The molecule has 2 amide bonds. The monoisotopic (exact) mass is 380 g/mol. The minimum absolute atomic E-state index is 0.0264. The average molecular weight is 380 g/mol. The maximum atomic E-state index is 12.6. The summed E-state index contributed by atoms with van der Waals surface area (Å²) in [5.74, 6) is 0.143. The first-order valence-electron chi connectivity index (χ1n) is 9.26. The van der Waals surface area contributed by atoms with Gasteiger partial charge in [-0.25, -0.2) is 0 Å². The number of nitrogens with zero attached hydrogens (tertiary/aromatic N) is 2. The van der Waals surface area contributed by atoms with Gasteiger partial charge in [-0.1, -0.05) is 18.2 Å². The topological polar surface area (TPSA) is 66.9 Å². The molecule has 0 bridgehead atoms. The maximum absolute atomic E-state index is 12.6. The van der Waals surface area contributed by atoms with Crippen LogP contribution in [0.4, 0.5) is 5.69 Å². The lowest BCUT2D eigenvalue weighted by Gasteiger charge is -2.39. The highest BCUT2D eigenvalue weighted by Crippen LogP contribution is 2.24. The number of rotatable bonds is 5. The highest BCUT2D eigenvalue weighted by atomic mass is 16.5. The van der Waals surface area contributed by atoms with E-state index in [0.29, 0.717) is 17.9 Å². The molecule has 1 aliphatic heterocycles. The van der Waals surface area contributed by atoms with Crippen molar-refractivity contribution in [2.75, 3.05) is 24.6 Å². The van der Waals surface area contributed by atoms with E-state index in [4.69, 9.17) is 4.74 Å². The predicted octanol–water partition coefficient (Wildman–Crippen LogP) is 2.84. The lowest BCUT2D eigenvalue weighted by atomic mass is 10.1. The Hall–Kier alpha value is -3.15. The van der Waals surface area contributed by atoms with E-state index in [1.807, 2.05) is 38.1 Å². The van der Waals surface area contributed by atoms with Gasteiger partial charge in [0.05, 0.1) is 0 Å². The van der Waals surface area contributed by atoms with Gasteiger partial charge in [0.25, 0.3) is 5.91 Å². The van der Waals surface area contributed by atoms with Crippen LogP contribution in [-0.2, 0) is 9.59 Å². The summed E-state index contributed by atoms with van der Waals surface area (Å²) >= 11 is 0. The van der Waals surface area contributed by atoms with Gasteiger partial charge in [-0.05, 0) is 56.7 Å². The summed E-state index contributed by atoms with van der Waals surface area (Å²) in [5.41, 5.74) is 2.50. The zero-order valence-corrected chi connectivity index (χ0v) is 16.3. The number of anilines is 1. The smallest absolute Gasteiger partial charge is 0.261 e. The first-order chi connectivity index (χ1) is 13.4. The molecule has 28 heavy (non-hydrogen) atoms. The van der Waals surface area contributed by atoms with Gasteiger partial charge in [-0.3, -0.25) is 14.4 Å². The number of carbonyl (C=O) groups is 3. The third-order valence-corrected chi connectivity index (χ3v) is 4.94. The van der Waals surface area contributed by atoms with Gasteiger partial charge >= 0.3 is 0 Å². The molecule has 1 saturated heterocycles. The fraction of sp³-hybridized carbons (Fsp3) is 0.318. The van der Waals surface area contributed by atoms with Crippen LogP contribution in [0.5, 0.6) is 5.75 Å². The predicted molar refractivity (Wildman–Crippen MR) is 107 cm³/mol. The highest BCUT2D eigenvalue weighted by molar-refractivity contribution is 5.99. The Morgan fingerprint density at radius 3 is 2.43 bits per heavy atom. The Kier molecular flexibility index (Phi) is 5.78. The minimum atomic E-state index is -0.235. The van der Waals surface area contributed by atoms with Crippen molar-refractivity contribution in [3.63, 3.8) is 0 Å². The molecule has 6 nitrogen and oxygen atoms in total. The van der Waals surface area contributed by atoms with Crippen LogP contribution in [0.25, 0.3) is 0 Å². The van der Waals surface area contributed by atoms with Gasteiger partial charge < -0.3 is 14.5 Å². The van der Waals surface area contributed by atoms with Crippen molar-refractivity contribution in [2.24, 2.45) is 0 Å². The number of amides is 2. The van der Waals surface area contributed by atoms with Crippen molar-refractivity contribution in [2.45, 2.75) is 26.8 Å². The Bertz CT molecular complexity index is 892. The van der Waals surface area contributed by atoms with E-state index in [9.17, 15) is 14.4 Å². The van der Waals surface area contributed by atoms with E-state index in [1.165, 1.54) is 6.92 Å². The van der Waals surface area contributed by atoms with Crippen LogP contribution < -0.4 is 9.64 Å². The first-order valence-corrected chi connectivity index (χ1v) is 9.26. The number of Topliss-reactive ketones (excluding diaryl/α,β-unsaturated/α-hetero) is 1. The molecule has 1 atom stereocenters. The summed E-state index contributed by atoms with van der Waals surface area (Å²) in [6.45, 7) is 5.72. The van der Waals surface area contributed by atoms with Crippen LogP contribution in [0.1, 0.15) is 29.8 Å². The van der Waals surface area contributed by atoms with Crippen LogP contribution in [0.15, 0.2) is 48.5 Å². The largest absolute Gasteiger partial charge is 0.484 e. The molecule has 1 aliphatic rings. The SMILES string of the molecule is CC(=O)c1ccc(OCC(=O)N2CC(=O)N(c3ccccc3C)C[C@H]2C)cc1. The van der Waals surface area contributed by atoms with E-state index in [-0.39, 0.29) is 36.8 Å². The van der Waals surface area contributed by atoms with E-state index in [0.717, 1.165) is 11.3 Å². The van der Waals surface area contributed by atoms with Gasteiger partial charge in [-0.15, -0.1) is 0 Å². The Morgan fingerprint density at radius 1 is 1.11 bits per heavy atom. The quantitative estimate of drug-likeness (QED) is 0.748. The molecule has 146 valence electrons. The number of ketones is 1. The van der Waals surface area contributed by atoms with Crippen LogP contribution in [0, 0.1) is 6.92 Å². The second-order valence-electron chi connectivity index (χ2n) is 7.03. The van der Waals surface area contributed by atoms with Crippen molar-refractivity contribution < 1.29 is 19.1 Å². The second kappa shape index (κ2) is 8.25. The fourth-order valence-corrected chi connectivity index (χ4v) is 3.30. The number of ether oxygens (including phenoxy) is 1. The van der Waals surface area contributed by atoms with E-state index in [1.54, 1.807) is 34.1 Å². The Morgan fingerprint density at radius 2 is 1.79 bits per heavy atom. The van der Waals surface area contributed by atoms with Gasteiger partial charge in [0.15, 0.2) is 12.4 Å². The number of piperazine rings is 1. The van der Waals surface area contributed by atoms with Crippen LogP contribution in [-0.4, -0.2) is 48.2 Å². The van der Waals surface area contributed by atoms with Gasteiger partial charge in [0.1, 0.15) is 12.3 Å². The molecule has 0 N–H and O–H groups in total. The van der Waals surface area contributed by atoms with Crippen LogP contribution in [0.2, 0.25) is 0 Å². The molecule has 2 aromatic carbocycles. The van der Waals surface area contributed by atoms with Crippen molar-refractivity contribution >= 4 is 23.3 Å². The molecule has 0 spiro atoms. The third-order valence-electron chi connectivity index (χ3n) is 4.94. The van der Waals surface area contributed by atoms with E-state index in [2.05, 4.69) is 0 Å². The molecule has 2 aromatic rings. The van der Waals surface area contributed by atoms with Gasteiger partial charge in [0, 0.05) is 23.8 Å². The number of hydrogen-bond acceptors (Lipinski definition) is 4. The Labute approximate surface area is 164 Å². The summed E-state index contributed by atoms with van der Waals surface area (Å²) in [6, 6.07) is 14.3. The van der Waals surface area contributed by atoms with E-state index >= 15 is 0 Å². The van der Waals surface area contributed by atoms with Crippen LogP contribution in [0.3, 0.4) is 0 Å². The lowest BCUT2D eigenvalue weighted by molar-refractivity contribution is -0.141. The highest BCUT2D eigenvalue weighted by Gasteiger charge is 2.33. The zero-order chi connectivity index (χ0) is 20.3. The summed E-state index contributed by atoms with van der Waals surface area (Å²) in [5, 5.41) is 0. The summed E-state index contributed by atoms with van der Waals surface area (Å²) in [7, 11) is 0. The number of carbonyl (C=O) groups excluding carboxylic acids is 3. The number of benzene rings is 2. The minimum Gasteiger partial charge on any atom is -0.484 e. The zero-order valence-electron chi connectivity index (χ0n) is 16.3. The molecule has 1 fully saturated rings. The molecule has 0 saturated carbocycles. The summed E-state index contributed by atoms with van der Waals surface area (Å²) in [4.78, 5) is 39.8. The molecular formula is C22H24N2O4. The molecule has 0 unspecified atom stereocenters. The summed E-state index contributed by atoms with van der Waals surface area (Å²) < 4.78 is 5.54. The van der Waals surface area contributed by atoms with Gasteiger partial charge in [-0.2, -0.15) is 0 Å². The number of aryl methyl sites for hydroxylation is 1. The molecule has 3 rings (SSSR count). The van der Waals surface area contributed by atoms with Crippen molar-refractivity contribution in [3.8, 4) is 5.75 Å². The average Bonchev–Trinajstić information content (AvgIpc) is 2.68. The summed E-state index contributed by atoms with van der Waals surface area (Å²) in [6.07, 6.45) is 0. The van der Waals surface area contributed by atoms with E-state index < -0.39 is 0 Å². The lowest BCUT2D eigenvalue weighted by Crippen LogP contribution is -2.58. The molecule has 0 radical (unpaired) electrons.